The maximum atomic E-state index is 11.7. The normalized spacial score (nSPS) is 17.4. The van der Waals surface area contributed by atoms with Gasteiger partial charge in [-0.3, -0.25) is 4.79 Å². The molecule has 1 aromatic rings. The van der Waals surface area contributed by atoms with Crippen LogP contribution in [0.1, 0.15) is 13.3 Å². The minimum atomic E-state index is -0.198. The molecule has 0 bridgehead atoms. The maximum Gasteiger partial charge on any atom is 0.226 e. The number of benzene rings is 1. The first kappa shape index (κ1) is 11.9. The van der Waals surface area contributed by atoms with E-state index in [4.69, 9.17) is 10.5 Å². The van der Waals surface area contributed by atoms with Gasteiger partial charge in [-0.05, 0) is 19.1 Å². The van der Waals surface area contributed by atoms with Crippen LogP contribution in [0.2, 0.25) is 0 Å². The third-order valence-corrected chi connectivity index (χ3v) is 2.78. The zero-order valence-electron chi connectivity index (χ0n) is 10.1. The van der Waals surface area contributed by atoms with E-state index in [1.165, 1.54) is 0 Å². The number of nitrogens with zero attached hydrogens (tertiary/aromatic N) is 1. The first-order chi connectivity index (χ1) is 8.07. The predicted octanol–water partition coefficient (Wildman–Crippen LogP) is 1.02. The summed E-state index contributed by atoms with van der Waals surface area (Å²) in [6.45, 7) is 3.67. The number of amides is 1. The summed E-state index contributed by atoms with van der Waals surface area (Å²) < 4.78 is 5.47. The Balaban J connectivity index is 1.68. The van der Waals surface area contributed by atoms with Gasteiger partial charge in [0.15, 0.2) is 0 Å². The summed E-state index contributed by atoms with van der Waals surface area (Å²) in [7, 11) is 0. The molecule has 0 radical (unpaired) electrons. The Morgan fingerprint density at radius 2 is 2.06 bits per heavy atom. The Hall–Kier alpha value is -1.55. The fraction of sp³-hybridized carbons (Fsp3) is 0.462. The van der Waals surface area contributed by atoms with Crippen LogP contribution >= 0.6 is 0 Å². The molecule has 17 heavy (non-hydrogen) atoms. The van der Waals surface area contributed by atoms with Crippen molar-refractivity contribution < 1.29 is 9.53 Å². The quantitative estimate of drug-likeness (QED) is 0.846. The third kappa shape index (κ3) is 3.20. The lowest BCUT2D eigenvalue weighted by Crippen LogP contribution is -2.66. The van der Waals surface area contributed by atoms with Crippen molar-refractivity contribution in [1.29, 1.82) is 0 Å². The van der Waals surface area contributed by atoms with Crippen LogP contribution in [0.15, 0.2) is 30.3 Å². The molecule has 1 amide bonds. The van der Waals surface area contributed by atoms with Gasteiger partial charge in [0, 0.05) is 18.6 Å². The fourth-order valence-electron chi connectivity index (χ4n) is 1.93. The molecule has 1 aliphatic rings. The fourth-order valence-corrected chi connectivity index (χ4v) is 1.93. The first-order valence-corrected chi connectivity index (χ1v) is 5.81. The lowest BCUT2D eigenvalue weighted by Gasteiger charge is -2.45. The molecule has 0 saturated carbocycles. The SMILES string of the molecule is CC1(N)CN(C(=O)CCOc2ccccc2)C1. The number of rotatable bonds is 4. The van der Waals surface area contributed by atoms with E-state index < -0.39 is 0 Å². The summed E-state index contributed by atoms with van der Waals surface area (Å²) in [6, 6.07) is 9.51. The molecular formula is C13H18N2O2. The smallest absolute Gasteiger partial charge is 0.226 e. The van der Waals surface area contributed by atoms with E-state index in [9.17, 15) is 4.79 Å². The van der Waals surface area contributed by atoms with Gasteiger partial charge in [0.2, 0.25) is 5.91 Å². The Morgan fingerprint density at radius 1 is 1.41 bits per heavy atom. The molecule has 92 valence electrons. The van der Waals surface area contributed by atoms with Crippen molar-refractivity contribution in [3.63, 3.8) is 0 Å². The molecule has 4 nitrogen and oxygen atoms in total. The van der Waals surface area contributed by atoms with Crippen LogP contribution < -0.4 is 10.5 Å². The van der Waals surface area contributed by atoms with Gasteiger partial charge in [-0.2, -0.15) is 0 Å². The van der Waals surface area contributed by atoms with Crippen LogP contribution in [-0.2, 0) is 4.79 Å². The van der Waals surface area contributed by atoms with Crippen LogP contribution in [0.25, 0.3) is 0 Å². The molecule has 0 unspecified atom stereocenters. The van der Waals surface area contributed by atoms with Crippen molar-refractivity contribution in [2.24, 2.45) is 5.73 Å². The molecule has 0 aromatic heterocycles. The number of nitrogens with two attached hydrogens (primary N) is 1. The van der Waals surface area contributed by atoms with Gasteiger partial charge in [-0.15, -0.1) is 0 Å². The molecule has 1 heterocycles. The first-order valence-electron chi connectivity index (χ1n) is 5.81. The number of carbonyl (C=O) groups excluding carboxylic acids is 1. The van der Waals surface area contributed by atoms with E-state index in [0.29, 0.717) is 26.1 Å². The van der Waals surface area contributed by atoms with Crippen molar-refractivity contribution in [2.75, 3.05) is 19.7 Å². The van der Waals surface area contributed by atoms with Gasteiger partial charge >= 0.3 is 0 Å². The van der Waals surface area contributed by atoms with Gasteiger partial charge in [-0.25, -0.2) is 0 Å². The average molecular weight is 234 g/mol. The van der Waals surface area contributed by atoms with E-state index in [-0.39, 0.29) is 11.4 Å². The van der Waals surface area contributed by atoms with E-state index in [2.05, 4.69) is 0 Å². The van der Waals surface area contributed by atoms with Gasteiger partial charge in [0.05, 0.1) is 13.0 Å². The van der Waals surface area contributed by atoms with Gasteiger partial charge in [0.1, 0.15) is 5.75 Å². The summed E-state index contributed by atoms with van der Waals surface area (Å²) >= 11 is 0. The Kier molecular flexibility index (Phi) is 3.33. The van der Waals surface area contributed by atoms with Crippen molar-refractivity contribution in [3.05, 3.63) is 30.3 Å². The van der Waals surface area contributed by atoms with E-state index in [0.717, 1.165) is 5.75 Å². The average Bonchev–Trinajstić information content (AvgIpc) is 2.27. The third-order valence-electron chi connectivity index (χ3n) is 2.78. The summed E-state index contributed by atoms with van der Waals surface area (Å²) in [5.74, 6) is 0.913. The van der Waals surface area contributed by atoms with Crippen LogP contribution in [0, 0.1) is 0 Å². The van der Waals surface area contributed by atoms with E-state index in [1.807, 2.05) is 37.3 Å². The van der Waals surface area contributed by atoms with E-state index >= 15 is 0 Å². The molecule has 1 aromatic carbocycles. The molecule has 4 heteroatoms. The zero-order valence-corrected chi connectivity index (χ0v) is 10.1. The predicted molar refractivity (Wildman–Crippen MR) is 65.7 cm³/mol. The molecule has 1 aliphatic heterocycles. The van der Waals surface area contributed by atoms with Crippen molar-refractivity contribution in [3.8, 4) is 5.75 Å². The minimum Gasteiger partial charge on any atom is -0.493 e. The number of hydrogen-bond acceptors (Lipinski definition) is 3. The number of hydrogen-bond donors (Lipinski definition) is 1. The molecule has 2 rings (SSSR count). The highest BCUT2D eigenvalue weighted by Gasteiger charge is 2.37. The van der Waals surface area contributed by atoms with Crippen LogP contribution in [-0.4, -0.2) is 36.0 Å². The lowest BCUT2D eigenvalue weighted by molar-refractivity contribution is -0.138. The van der Waals surface area contributed by atoms with Crippen molar-refractivity contribution in [1.82, 2.24) is 4.90 Å². The van der Waals surface area contributed by atoms with Crippen LogP contribution in [0.3, 0.4) is 0 Å². The highest BCUT2D eigenvalue weighted by molar-refractivity contribution is 5.77. The van der Waals surface area contributed by atoms with Crippen molar-refractivity contribution in [2.45, 2.75) is 18.9 Å². The second-order valence-corrected chi connectivity index (χ2v) is 4.82. The molecule has 0 atom stereocenters. The topological polar surface area (TPSA) is 55.6 Å². The Morgan fingerprint density at radius 3 is 2.65 bits per heavy atom. The summed E-state index contributed by atoms with van der Waals surface area (Å²) in [4.78, 5) is 13.5. The summed E-state index contributed by atoms with van der Waals surface area (Å²) in [6.07, 6.45) is 0.408. The maximum absolute atomic E-state index is 11.7. The monoisotopic (exact) mass is 234 g/mol. The molecule has 1 fully saturated rings. The molecule has 2 N–H and O–H groups in total. The lowest BCUT2D eigenvalue weighted by atomic mass is 9.93. The highest BCUT2D eigenvalue weighted by atomic mass is 16.5. The molecule has 1 saturated heterocycles. The second kappa shape index (κ2) is 4.75. The number of para-hydroxylation sites is 1. The molecule has 0 aliphatic carbocycles. The summed E-state index contributed by atoms with van der Waals surface area (Å²) in [5.41, 5.74) is 5.65. The summed E-state index contributed by atoms with van der Waals surface area (Å²) in [5, 5.41) is 0. The van der Waals surface area contributed by atoms with Gasteiger partial charge < -0.3 is 15.4 Å². The number of carbonyl (C=O) groups is 1. The Bertz CT molecular complexity index is 382. The van der Waals surface area contributed by atoms with Crippen LogP contribution in [0.5, 0.6) is 5.75 Å². The molecular weight excluding hydrogens is 216 g/mol. The van der Waals surface area contributed by atoms with Crippen molar-refractivity contribution >= 4 is 5.91 Å². The molecule has 0 spiro atoms. The zero-order chi connectivity index (χ0) is 12.3. The largest absolute Gasteiger partial charge is 0.493 e. The van der Waals surface area contributed by atoms with E-state index in [1.54, 1.807) is 4.90 Å². The number of likely N-dealkylation sites (tertiary alicyclic amines) is 1. The minimum absolute atomic E-state index is 0.115. The Labute approximate surface area is 101 Å². The standard InChI is InChI=1S/C13H18N2O2/c1-13(14)9-15(10-13)12(16)7-8-17-11-5-3-2-4-6-11/h2-6H,7-10,14H2,1H3. The van der Waals surface area contributed by atoms with Crippen LogP contribution in [0.4, 0.5) is 0 Å². The van der Waals surface area contributed by atoms with Gasteiger partial charge in [-0.1, -0.05) is 18.2 Å². The second-order valence-electron chi connectivity index (χ2n) is 4.82. The highest BCUT2D eigenvalue weighted by Crippen LogP contribution is 2.18. The van der Waals surface area contributed by atoms with Gasteiger partial charge in [0.25, 0.3) is 0 Å². The number of ether oxygens (including phenoxy) is 1.